The predicted molar refractivity (Wildman–Crippen MR) is 94.8 cm³/mol. The van der Waals surface area contributed by atoms with Crippen LogP contribution in [0.3, 0.4) is 0 Å². The Labute approximate surface area is 150 Å². The molecular formula is C19H32FN3O2. The number of nitrogens with zero attached hydrogens (tertiary/aromatic N) is 3. The van der Waals surface area contributed by atoms with Crippen LogP contribution in [-0.2, 0) is 9.59 Å². The van der Waals surface area contributed by atoms with E-state index < -0.39 is 6.17 Å². The number of carbonyl (C=O) groups is 2. The van der Waals surface area contributed by atoms with Gasteiger partial charge < -0.3 is 9.80 Å². The second-order valence-electron chi connectivity index (χ2n) is 8.81. The smallest absolute Gasteiger partial charge is 0.257 e. The number of piperidine rings is 1. The van der Waals surface area contributed by atoms with Crippen molar-refractivity contribution in [1.29, 1.82) is 0 Å². The van der Waals surface area contributed by atoms with E-state index in [2.05, 4.69) is 18.7 Å². The molecule has 0 aromatic carbocycles. The lowest BCUT2D eigenvalue weighted by molar-refractivity contribution is -0.146. The molecule has 142 valence electrons. The number of amides is 2. The van der Waals surface area contributed by atoms with Gasteiger partial charge in [0.1, 0.15) is 0 Å². The molecule has 3 saturated heterocycles. The van der Waals surface area contributed by atoms with Gasteiger partial charge in [0, 0.05) is 38.8 Å². The summed E-state index contributed by atoms with van der Waals surface area (Å²) in [5.41, 5.74) is 0.228. The Morgan fingerprint density at radius 1 is 1.12 bits per heavy atom. The van der Waals surface area contributed by atoms with Gasteiger partial charge in [0.15, 0.2) is 6.17 Å². The molecule has 3 aliphatic heterocycles. The Morgan fingerprint density at radius 3 is 2.20 bits per heavy atom. The summed E-state index contributed by atoms with van der Waals surface area (Å²) in [5.74, 6) is -0.339. The summed E-state index contributed by atoms with van der Waals surface area (Å²) in [5, 5.41) is 0. The molecule has 0 bridgehead atoms. The molecular weight excluding hydrogens is 321 g/mol. The Morgan fingerprint density at radius 2 is 1.72 bits per heavy atom. The Kier molecular flexibility index (Phi) is 5.11. The quantitative estimate of drug-likeness (QED) is 0.776. The van der Waals surface area contributed by atoms with Crippen molar-refractivity contribution in [3.05, 3.63) is 0 Å². The van der Waals surface area contributed by atoms with E-state index in [9.17, 15) is 14.0 Å². The average Bonchev–Trinajstić information content (AvgIpc) is 2.92. The highest BCUT2D eigenvalue weighted by atomic mass is 19.1. The van der Waals surface area contributed by atoms with Crippen molar-refractivity contribution in [2.75, 3.05) is 32.7 Å². The zero-order chi connectivity index (χ0) is 18.4. The van der Waals surface area contributed by atoms with Gasteiger partial charge in [-0.15, -0.1) is 0 Å². The lowest BCUT2D eigenvalue weighted by Gasteiger charge is -2.55. The SMILES string of the molecule is CC(C)C(F)C(=O)N1CCC2(CC1)CN(C1CCN(C(C)C)C1=O)C2. The Balaban J connectivity index is 1.49. The molecule has 3 aliphatic rings. The Hall–Kier alpha value is -1.17. The van der Waals surface area contributed by atoms with Crippen LogP contribution >= 0.6 is 0 Å². The van der Waals surface area contributed by atoms with Gasteiger partial charge >= 0.3 is 0 Å². The maximum atomic E-state index is 14.0. The normalized spacial score (nSPS) is 28.1. The van der Waals surface area contributed by atoms with Crippen molar-refractivity contribution in [3.8, 4) is 0 Å². The van der Waals surface area contributed by atoms with Crippen LogP contribution in [0.2, 0.25) is 0 Å². The number of rotatable bonds is 4. The number of alkyl halides is 1. The fourth-order valence-corrected chi connectivity index (χ4v) is 4.55. The molecule has 6 heteroatoms. The van der Waals surface area contributed by atoms with Crippen LogP contribution < -0.4 is 0 Å². The van der Waals surface area contributed by atoms with Gasteiger partial charge in [-0.3, -0.25) is 14.5 Å². The zero-order valence-corrected chi connectivity index (χ0v) is 16.0. The second-order valence-corrected chi connectivity index (χ2v) is 8.81. The maximum absolute atomic E-state index is 14.0. The largest absolute Gasteiger partial charge is 0.340 e. The highest BCUT2D eigenvalue weighted by molar-refractivity contribution is 5.84. The highest BCUT2D eigenvalue weighted by Gasteiger charge is 2.51. The molecule has 0 saturated carbocycles. The van der Waals surface area contributed by atoms with E-state index in [4.69, 9.17) is 0 Å². The minimum atomic E-state index is -1.38. The summed E-state index contributed by atoms with van der Waals surface area (Å²) >= 11 is 0. The zero-order valence-electron chi connectivity index (χ0n) is 16.0. The average molecular weight is 353 g/mol. The van der Waals surface area contributed by atoms with Gasteiger partial charge in [0.2, 0.25) is 5.91 Å². The van der Waals surface area contributed by atoms with Crippen LogP contribution in [0.4, 0.5) is 4.39 Å². The lowest BCUT2D eigenvalue weighted by Crippen LogP contribution is -2.64. The number of carbonyl (C=O) groups excluding carboxylic acids is 2. The fourth-order valence-electron chi connectivity index (χ4n) is 4.55. The van der Waals surface area contributed by atoms with Crippen LogP contribution in [0.15, 0.2) is 0 Å². The van der Waals surface area contributed by atoms with E-state index in [1.807, 2.05) is 4.90 Å². The summed E-state index contributed by atoms with van der Waals surface area (Å²) in [6.45, 7) is 11.7. The first-order chi connectivity index (χ1) is 11.7. The molecule has 3 heterocycles. The monoisotopic (exact) mass is 353 g/mol. The van der Waals surface area contributed by atoms with E-state index in [1.165, 1.54) is 0 Å². The minimum Gasteiger partial charge on any atom is -0.340 e. The first kappa shape index (κ1) is 18.6. The van der Waals surface area contributed by atoms with E-state index in [1.54, 1.807) is 18.7 Å². The predicted octanol–water partition coefficient (Wildman–Crippen LogP) is 1.91. The fraction of sp³-hybridized carbons (Fsp3) is 0.895. The highest BCUT2D eigenvalue weighted by Crippen LogP contribution is 2.43. The summed E-state index contributed by atoms with van der Waals surface area (Å²) in [6, 6.07) is 0.320. The van der Waals surface area contributed by atoms with Gasteiger partial charge in [-0.05, 0) is 44.4 Å². The third kappa shape index (κ3) is 3.42. The van der Waals surface area contributed by atoms with Gasteiger partial charge in [0.05, 0.1) is 6.04 Å². The van der Waals surface area contributed by atoms with Crippen LogP contribution in [-0.4, -0.2) is 77.5 Å². The lowest BCUT2D eigenvalue weighted by atomic mass is 9.71. The molecule has 2 atom stereocenters. The summed E-state index contributed by atoms with van der Waals surface area (Å²) in [7, 11) is 0. The Bertz CT molecular complexity index is 521. The van der Waals surface area contributed by atoms with Crippen molar-refractivity contribution < 1.29 is 14.0 Å². The molecule has 3 rings (SSSR count). The third-order valence-corrected chi connectivity index (χ3v) is 6.31. The van der Waals surface area contributed by atoms with Crippen molar-refractivity contribution in [1.82, 2.24) is 14.7 Å². The molecule has 0 aromatic rings. The number of halogens is 1. The standard InChI is InChI=1S/C19H32FN3O2/c1-13(2)16(20)18(25)21-9-6-19(7-10-21)11-22(12-19)15-5-8-23(14(3)4)17(15)24/h13-16H,5-12H2,1-4H3. The molecule has 0 aromatic heterocycles. The number of likely N-dealkylation sites (tertiary alicyclic amines) is 3. The molecule has 0 N–H and O–H groups in total. The van der Waals surface area contributed by atoms with E-state index in [0.29, 0.717) is 13.1 Å². The summed E-state index contributed by atoms with van der Waals surface area (Å²) < 4.78 is 14.0. The third-order valence-electron chi connectivity index (χ3n) is 6.31. The maximum Gasteiger partial charge on any atom is 0.257 e. The van der Waals surface area contributed by atoms with Crippen LogP contribution in [0.25, 0.3) is 0 Å². The van der Waals surface area contributed by atoms with Crippen molar-refractivity contribution in [2.24, 2.45) is 11.3 Å². The van der Waals surface area contributed by atoms with Gasteiger partial charge in [-0.1, -0.05) is 13.8 Å². The van der Waals surface area contributed by atoms with E-state index in [-0.39, 0.29) is 35.2 Å². The molecule has 1 spiro atoms. The van der Waals surface area contributed by atoms with Gasteiger partial charge in [0.25, 0.3) is 5.91 Å². The first-order valence-corrected chi connectivity index (χ1v) is 9.71. The van der Waals surface area contributed by atoms with Crippen LogP contribution in [0, 0.1) is 11.3 Å². The molecule has 3 fully saturated rings. The number of hydrogen-bond donors (Lipinski definition) is 0. The molecule has 0 aliphatic carbocycles. The number of hydrogen-bond acceptors (Lipinski definition) is 3. The molecule has 0 radical (unpaired) electrons. The molecule has 25 heavy (non-hydrogen) atoms. The topological polar surface area (TPSA) is 43.9 Å². The van der Waals surface area contributed by atoms with Gasteiger partial charge in [-0.25, -0.2) is 4.39 Å². The summed E-state index contributed by atoms with van der Waals surface area (Å²) in [4.78, 5) is 30.7. The van der Waals surface area contributed by atoms with E-state index in [0.717, 1.165) is 38.9 Å². The van der Waals surface area contributed by atoms with Crippen molar-refractivity contribution in [3.63, 3.8) is 0 Å². The van der Waals surface area contributed by atoms with Crippen molar-refractivity contribution in [2.45, 2.75) is 65.2 Å². The summed E-state index contributed by atoms with van der Waals surface area (Å²) in [6.07, 6.45) is 1.39. The van der Waals surface area contributed by atoms with Crippen LogP contribution in [0.1, 0.15) is 47.0 Å². The van der Waals surface area contributed by atoms with Crippen LogP contribution in [0.5, 0.6) is 0 Å². The minimum absolute atomic E-state index is 0.0452. The van der Waals surface area contributed by atoms with Gasteiger partial charge in [-0.2, -0.15) is 0 Å². The van der Waals surface area contributed by atoms with Crippen molar-refractivity contribution >= 4 is 11.8 Å². The second kappa shape index (κ2) is 6.86. The molecule has 5 nitrogen and oxygen atoms in total. The molecule has 2 amide bonds. The van der Waals surface area contributed by atoms with E-state index >= 15 is 0 Å². The first-order valence-electron chi connectivity index (χ1n) is 9.71. The molecule has 2 unspecified atom stereocenters.